The van der Waals surface area contributed by atoms with E-state index >= 15 is 0 Å². The molecule has 0 radical (unpaired) electrons. The topological polar surface area (TPSA) is 29.5 Å². The summed E-state index contributed by atoms with van der Waals surface area (Å²) in [6.45, 7) is 1.88. The monoisotopic (exact) mass is 246 g/mol. The second kappa shape index (κ2) is 6.01. The van der Waals surface area contributed by atoms with E-state index in [1.807, 2.05) is 12.1 Å². The van der Waals surface area contributed by atoms with Crippen LogP contribution in [0.2, 0.25) is 0 Å². The van der Waals surface area contributed by atoms with Crippen molar-refractivity contribution in [2.75, 3.05) is 6.61 Å². The molecule has 82 valence electrons. The first kappa shape index (κ1) is 12.4. The Morgan fingerprint density at radius 2 is 2.20 bits per heavy atom. The van der Waals surface area contributed by atoms with Gasteiger partial charge in [0.25, 0.3) is 0 Å². The van der Waals surface area contributed by atoms with Crippen LogP contribution < -0.4 is 4.74 Å². The van der Waals surface area contributed by atoms with Gasteiger partial charge in [-0.1, -0.05) is 41.4 Å². The molecule has 4 heteroatoms. The number of hydrogen-bond acceptors (Lipinski definition) is 2. The first-order valence-electron chi connectivity index (χ1n) is 4.49. The van der Waals surface area contributed by atoms with E-state index in [4.69, 9.17) is 27.9 Å². The lowest BCUT2D eigenvalue weighted by Crippen LogP contribution is -2.01. The van der Waals surface area contributed by atoms with Gasteiger partial charge < -0.3 is 9.84 Å². The molecule has 0 saturated carbocycles. The van der Waals surface area contributed by atoms with Crippen molar-refractivity contribution < 1.29 is 9.84 Å². The Morgan fingerprint density at radius 1 is 1.53 bits per heavy atom. The van der Waals surface area contributed by atoms with Crippen molar-refractivity contribution in [3.8, 4) is 5.75 Å². The number of benzene rings is 1. The van der Waals surface area contributed by atoms with Crippen molar-refractivity contribution in [3.63, 3.8) is 0 Å². The molecule has 0 aliphatic carbocycles. The van der Waals surface area contributed by atoms with E-state index in [2.05, 4.69) is 0 Å². The lowest BCUT2D eigenvalue weighted by Gasteiger charge is -2.12. The lowest BCUT2D eigenvalue weighted by molar-refractivity contribution is 0.193. The van der Waals surface area contributed by atoms with Crippen LogP contribution in [0.4, 0.5) is 0 Å². The van der Waals surface area contributed by atoms with E-state index < -0.39 is 6.10 Å². The second-order valence-corrected chi connectivity index (χ2v) is 3.76. The maximum Gasteiger partial charge on any atom is 0.125 e. The van der Waals surface area contributed by atoms with E-state index in [1.165, 1.54) is 5.54 Å². The average Bonchev–Trinajstić information content (AvgIpc) is 2.26. The van der Waals surface area contributed by atoms with Crippen LogP contribution in [0, 0.1) is 0 Å². The van der Waals surface area contributed by atoms with Gasteiger partial charge >= 0.3 is 0 Å². The largest absolute Gasteiger partial charge is 0.488 e. The lowest BCUT2D eigenvalue weighted by atomic mass is 10.1. The van der Waals surface area contributed by atoms with Gasteiger partial charge in [-0.25, -0.2) is 0 Å². The van der Waals surface area contributed by atoms with Gasteiger partial charge in [0.15, 0.2) is 0 Å². The van der Waals surface area contributed by atoms with Gasteiger partial charge in [0.2, 0.25) is 0 Å². The molecule has 1 aromatic carbocycles. The van der Waals surface area contributed by atoms with Crippen LogP contribution in [-0.4, -0.2) is 11.7 Å². The zero-order chi connectivity index (χ0) is 11.3. The summed E-state index contributed by atoms with van der Waals surface area (Å²) < 4.78 is 5.41. The molecule has 1 atom stereocenters. The van der Waals surface area contributed by atoms with Gasteiger partial charge in [-0.2, -0.15) is 0 Å². The van der Waals surface area contributed by atoms with E-state index in [0.29, 0.717) is 10.8 Å². The van der Waals surface area contributed by atoms with Gasteiger partial charge in [-0.15, -0.1) is 0 Å². The van der Waals surface area contributed by atoms with Crippen molar-refractivity contribution >= 4 is 23.2 Å². The first-order valence-corrected chi connectivity index (χ1v) is 5.31. The fourth-order valence-electron chi connectivity index (χ4n) is 1.14. The maximum absolute atomic E-state index is 9.47. The van der Waals surface area contributed by atoms with E-state index in [1.54, 1.807) is 19.1 Å². The third kappa shape index (κ3) is 3.74. The molecule has 1 unspecified atom stereocenters. The summed E-state index contributed by atoms with van der Waals surface area (Å²) >= 11 is 11.1. The van der Waals surface area contributed by atoms with Crippen molar-refractivity contribution in [2.24, 2.45) is 0 Å². The maximum atomic E-state index is 9.47. The van der Waals surface area contributed by atoms with Gasteiger partial charge in [0.05, 0.1) is 11.1 Å². The highest BCUT2D eigenvalue weighted by Crippen LogP contribution is 2.25. The highest BCUT2D eigenvalue weighted by atomic mass is 35.5. The number of aliphatic hydroxyl groups excluding tert-OH is 1. The molecule has 0 aliphatic rings. The molecule has 2 nitrogen and oxygen atoms in total. The molecular formula is C11H12Cl2O2. The normalized spacial score (nSPS) is 13.7. The van der Waals surface area contributed by atoms with Gasteiger partial charge in [0.1, 0.15) is 12.4 Å². The fourth-order valence-corrected chi connectivity index (χ4v) is 1.25. The summed E-state index contributed by atoms with van der Waals surface area (Å²) in [6.07, 6.45) is -0.569. The number of hydrogen-bond donors (Lipinski definition) is 1. The molecule has 1 aromatic rings. The highest BCUT2D eigenvalue weighted by molar-refractivity contribution is 6.36. The Bertz CT molecular complexity index is 348. The Labute approximate surface area is 99.1 Å². The minimum absolute atomic E-state index is 0.203. The molecule has 1 rings (SSSR count). The quantitative estimate of drug-likeness (QED) is 0.883. The molecule has 0 fully saturated rings. The molecule has 0 aliphatic heterocycles. The summed E-state index contributed by atoms with van der Waals surface area (Å²) in [5.74, 6) is 0.615. The molecule has 0 saturated heterocycles. The number of para-hydroxylation sites is 1. The standard InChI is InChI=1S/C11H12Cl2O2/c1-8(14)10-4-2-3-5-11(10)15-7-9(13)6-12/h2-6,8,14H,7H2,1H3. The average molecular weight is 247 g/mol. The predicted molar refractivity (Wildman–Crippen MR) is 62.4 cm³/mol. The van der Waals surface area contributed by atoms with E-state index in [0.717, 1.165) is 5.56 Å². The molecule has 0 heterocycles. The van der Waals surface area contributed by atoms with Crippen molar-refractivity contribution in [3.05, 3.63) is 40.4 Å². The van der Waals surface area contributed by atoms with Gasteiger partial charge in [0, 0.05) is 11.1 Å². The smallest absolute Gasteiger partial charge is 0.125 e. The fraction of sp³-hybridized carbons (Fsp3) is 0.273. The van der Waals surface area contributed by atoms with Crippen molar-refractivity contribution in [1.29, 1.82) is 0 Å². The second-order valence-electron chi connectivity index (χ2n) is 3.06. The molecule has 0 spiro atoms. The molecule has 1 N–H and O–H groups in total. The Kier molecular flexibility index (Phi) is 4.95. The summed E-state index contributed by atoms with van der Waals surface area (Å²) in [5.41, 5.74) is 1.99. The summed E-state index contributed by atoms with van der Waals surface area (Å²) in [7, 11) is 0. The number of ether oxygens (including phenoxy) is 1. The molecular weight excluding hydrogens is 235 g/mol. The Hall–Kier alpha value is -0.700. The zero-order valence-corrected chi connectivity index (χ0v) is 9.79. The summed E-state index contributed by atoms with van der Waals surface area (Å²) in [5, 5.41) is 9.89. The molecule has 0 aromatic heterocycles. The first-order chi connectivity index (χ1) is 7.15. The number of rotatable bonds is 4. The van der Waals surface area contributed by atoms with Gasteiger partial charge in [-0.3, -0.25) is 0 Å². The minimum atomic E-state index is -0.569. The van der Waals surface area contributed by atoms with Crippen LogP contribution in [0.15, 0.2) is 34.8 Å². The van der Waals surface area contributed by atoms with Crippen LogP contribution in [0.3, 0.4) is 0 Å². The van der Waals surface area contributed by atoms with Crippen LogP contribution in [0.5, 0.6) is 5.75 Å². The van der Waals surface area contributed by atoms with Crippen molar-refractivity contribution in [2.45, 2.75) is 13.0 Å². The third-order valence-corrected chi connectivity index (χ3v) is 2.45. The summed E-state index contributed by atoms with van der Waals surface area (Å²) in [6, 6.07) is 7.26. The number of halogens is 2. The molecule has 0 bridgehead atoms. The minimum Gasteiger partial charge on any atom is -0.488 e. The van der Waals surface area contributed by atoms with Gasteiger partial charge in [-0.05, 0) is 13.0 Å². The van der Waals surface area contributed by atoms with Crippen LogP contribution in [-0.2, 0) is 0 Å². The van der Waals surface area contributed by atoms with E-state index in [-0.39, 0.29) is 6.61 Å². The van der Waals surface area contributed by atoms with Crippen molar-refractivity contribution in [1.82, 2.24) is 0 Å². The zero-order valence-electron chi connectivity index (χ0n) is 8.28. The van der Waals surface area contributed by atoms with E-state index in [9.17, 15) is 5.11 Å². The number of aliphatic hydroxyl groups is 1. The SMILES string of the molecule is CC(O)c1ccccc1OCC(Cl)=CCl. The van der Waals surface area contributed by atoms with Crippen LogP contribution in [0.1, 0.15) is 18.6 Å². The highest BCUT2D eigenvalue weighted by Gasteiger charge is 2.08. The predicted octanol–water partition coefficient (Wildman–Crippen LogP) is 3.44. The summed E-state index contributed by atoms with van der Waals surface area (Å²) in [4.78, 5) is 0. The van der Waals surface area contributed by atoms with Crippen LogP contribution >= 0.6 is 23.2 Å². The third-order valence-electron chi connectivity index (χ3n) is 1.85. The Balaban J connectivity index is 2.76. The Morgan fingerprint density at radius 3 is 2.80 bits per heavy atom. The molecule has 0 amide bonds. The molecule has 15 heavy (non-hydrogen) atoms. The van der Waals surface area contributed by atoms with Crippen LogP contribution in [0.25, 0.3) is 0 Å².